The third kappa shape index (κ3) is 6.03. The molecule has 0 aliphatic carbocycles. The van der Waals surface area contributed by atoms with Crippen LogP contribution in [0.4, 0.5) is 0 Å². The first-order valence-electron chi connectivity index (χ1n) is 13.2. The Balaban J connectivity index is 1.63. The Morgan fingerprint density at radius 3 is 2.61 bits per heavy atom. The summed E-state index contributed by atoms with van der Waals surface area (Å²) in [5, 5.41) is 30.9. The van der Waals surface area contributed by atoms with Crippen LogP contribution in [0.15, 0.2) is 36.4 Å². The van der Waals surface area contributed by atoms with Crippen LogP contribution >= 0.6 is 11.6 Å². The fraction of sp³-hybridized carbons (Fsp3) is 0.429. The van der Waals surface area contributed by atoms with Crippen molar-refractivity contribution in [3.05, 3.63) is 70.0 Å². The number of aromatic nitrogens is 7. The quantitative estimate of drug-likeness (QED) is 0.302. The molecule has 4 aromatic rings. The van der Waals surface area contributed by atoms with Gasteiger partial charge in [-0.3, -0.25) is 9.36 Å². The molecule has 1 aliphatic heterocycles. The number of methoxy groups -OCH3 is 2. The van der Waals surface area contributed by atoms with Crippen LogP contribution in [-0.2, 0) is 28.9 Å². The van der Waals surface area contributed by atoms with Crippen molar-refractivity contribution in [3.8, 4) is 17.2 Å². The number of halogens is 1. The van der Waals surface area contributed by atoms with Gasteiger partial charge in [0.2, 0.25) is 0 Å². The number of fused-ring (bicyclic) bond motifs is 3. The fourth-order valence-corrected chi connectivity index (χ4v) is 5.17. The third-order valence-electron chi connectivity index (χ3n) is 6.66. The lowest BCUT2D eigenvalue weighted by Gasteiger charge is -2.25. The van der Waals surface area contributed by atoms with Gasteiger partial charge in [-0.2, -0.15) is 4.80 Å². The van der Waals surface area contributed by atoms with E-state index in [-0.39, 0.29) is 17.7 Å². The van der Waals surface area contributed by atoms with Crippen molar-refractivity contribution in [1.29, 1.82) is 0 Å². The molecule has 1 N–H and O–H groups in total. The van der Waals surface area contributed by atoms with Crippen LogP contribution < -0.4 is 9.47 Å². The average Bonchev–Trinajstić information content (AvgIpc) is 3.50. The molecule has 0 saturated carbocycles. The zero-order valence-corrected chi connectivity index (χ0v) is 24.3. The van der Waals surface area contributed by atoms with Crippen LogP contribution in [0, 0.1) is 5.41 Å². The molecule has 0 fully saturated rings. The Kier molecular flexibility index (Phi) is 7.96. The number of ether oxygens (including phenoxy) is 3. The Labute approximate surface area is 242 Å². The smallest absolute Gasteiger partial charge is 0.311 e. The average molecular weight is 582 g/mol. The lowest BCUT2D eigenvalue weighted by atomic mass is 9.91. The molecule has 216 valence electrons. The van der Waals surface area contributed by atoms with Crippen LogP contribution in [-0.4, -0.2) is 60.3 Å². The highest BCUT2D eigenvalue weighted by atomic mass is 35.5. The highest BCUT2D eigenvalue weighted by Gasteiger charge is 2.36. The van der Waals surface area contributed by atoms with Gasteiger partial charge in [0.1, 0.15) is 24.5 Å². The second kappa shape index (κ2) is 11.5. The van der Waals surface area contributed by atoms with Gasteiger partial charge in [0.25, 0.3) is 0 Å². The number of carbonyl (C=O) groups is 1. The molecule has 0 saturated heterocycles. The molecule has 12 nitrogen and oxygen atoms in total. The number of carboxylic acids is 1. The van der Waals surface area contributed by atoms with E-state index < -0.39 is 18.2 Å². The summed E-state index contributed by atoms with van der Waals surface area (Å²) < 4.78 is 20.3. The highest BCUT2D eigenvalue weighted by Crippen LogP contribution is 2.46. The summed E-state index contributed by atoms with van der Waals surface area (Å²) in [6.07, 6.45) is -0.393. The number of nitrogens with zero attached hydrogens (tertiary/aromatic N) is 7. The van der Waals surface area contributed by atoms with Gasteiger partial charge in [-0.25, -0.2) is 0 Å². The molecule has 13 heteroatoms. The van der Waals surface area contributed by atoms with Crippen LogP contribution in [0.25, 0.3) is 5.69 Å². The van der Waals surface area contributed by atoms with Crippen molar-refractivity contribution in [2.45, 2.75) is 58.8 Å². The van der Waals surface area contributed by atoms with E-state index in [4.69, 9.17) is 30.9 Å². The minimum absolute atomic E-state index is 0.0559. The van der Waals surface area contributed by atoms with Crippen molar-refractivity contribution < 1.29 is 24.1 Å². The Bertz CT molecular complexity index is 1560. The zero-order chi connectivity index (χ0) is 29.3. The standard InChI is InChI=1S/C28H32ClN7O5/c1-28(2,3)15-23-31-32-27-21(11-12-35-33-22(30-34-35)14-24(37)38)41-25(17-7-6-8-20(39-4)26(17)40-5)18-13-16(29)9-10-19(18)36(23)27/h6-10,13,21,25H,11-12,14-15H2,1-5H3,(H,37,38)/t21-,25-/m1/s1. The molecule has 0 spiro atoms. The monoisotopic (exact) mass is 581 g/mol. The largest absolute Gasteiger partial charge is 0.493 e. The molecule has 0 radical (unpaired) electrons. The van der Waals surface area contributed by atoms with E-state index in [0.717, 1.165) is 22.6 Å². The van der Waals surface area contributed by atoms with E-state index >= 15 is 0 Å². The Morgan fingerprint density at radius 2 is 1.90 bits per heavy atom. The number of carboxylic acid groups (broad SMARTS) is 1. The van der Waals surface area contributed by atoms with Gasteiger partial charge in [0.15, 0.2) is 23.1 Å². The number of hydrogen-bond donors (Lipinski definition) is 1. The second-order valence-electron chi connectivity index (χ2n) is 11.0. The number of tetrazole rings is 1. The van der Waals surface area contributed by atoms with Crippen molar-refractivity contribution in [1.82, 2.24) is 35.0 Å². The Hall–Kier alpha value is -4.03. The number of aliphatic carboxylic acids is 1. The molecule has 0 unspecified atom stereocenters. The second-order valence-corrected chi connectivity index (χ2v) is 11.4. The molecule has 2 aromatic carbocycles. The van der Waals surface area contributed by atoms with Gasteiger partial charge < -0.3 is 19.3 Å². The number of para-hydroxylation sites is 1. The summed E-state index contributed by atoms with van der Waals surface area (Å²) in [7, 11) is 3.18. The van der Waals surface area contributed by atoms with Gasteiger partial charge in [0, 0.05) is 29.0 Å². The molecule has 3 heterocycles. The van der Waals surface area contributed by atoms with Gasteiger partial charge in [-0.05, 0) is 34.9 Å². The molecule has 2 atom stereocenters. The summed E-state index contributed by atoms with van der Waals surface area (Å²) in [5.41, 5.74) is 2.39. The summed E-state index contributed by atoms with van der Waals surface area (Å²) in [5.74, 6) is 1.66. The topological polar surface area (TPSA) is 139 Å². The molecule has 2 aromatic heterocycles. The van der Waals surface area contributed by atoms with Crippen molar-refractivity contribution in [2.24, 2.45) is 5.41 Å². The first-order valence-corrected chi connectivity index (χ1v) is 13.5. The minimum atomic E-state index is -1.03. The van der Waals surface area contributed by atoms with Gasteiger partial charge in [0.05, 0.1) is 26.5 Å². The Morgan fingerprint density at radius 1 is 1.10 bits per heavy atom. The summed E-state index contributed by atoms with van der Waals surface area (Å²) >= 11 is 6.56. The zero-order valence-electron chi connectivity index (χ0n) is 23.5. The van der Waals surface area contributed by atoms with E-state index in [1.54, 1.807) is 14.2 Å². The number of aryl methyl sites for hydroxylation is 1. The molecule has 5 rings (SSSR count). The normalized spacial score (nSPS) is 16.5. The lowest BCUT2D eigenvalue weighted by Crippen LogP contribution is -2.17. The highest BCUT2D eigenvalue weighted by molar-refractivity contribution is 6.30. The van der Waals surface area contributed by atoms with E-state index in [0.29, 0.717) is 41.7 Å². The van der Waals surface area contributed by atoms with E-state index in [9.17, 15) is 4.79 Å². The maximum atomic E-state index is 11.1. The van der Waals surface area contributed by atoms with E-state index in [2.05, 4.69) is 50.9 Å². The molecule has 1 aliphatic rings. The molecule has 41 heavy (non-hydrogen) atoms. The summed E-state index contributed by atoms with van der Waals surface area (Å²) in [4.78, 5) is 12.4. The maximum absolute atomic E-state index is 11.1. The fourth-order valence-electron chi connectivity index (χ4n) is 4.99. The van der Waals surface area contributed by atoms with Crippen molar-refractivity contribution in [2.75, 3.05) is 14.2 Å². The molecular weight excluding hydrogens is 550 g/mol. The van der Waals surface area contributed by atoms with E-state index in [1.165, 1.54) is 4.80 Å². The van der Waals surface area contributed by atoms with Crippen LogP contribution in [0.2, 0.25) is 5.02 Å². The molecule has 0 amide bonds. The summed E-state index contributed by atoms with van der Waals surface area (Å²) in [6, 6.07) is 11.3. The van der Waals surface area contributed by atoms with Crippen LogP contribution in [0.5, 0.6) is 11.5 Å². The number of rotatable bonds is 9. The minimum Gasteiger partial charge on any atom is -0.493 e. The van der Waals surface area contributed by atoms with E-state index in [1.807, 2.05) is 36.4 Å². The SMILES string of the molecule is COc1cccc([C@H]2O[C@H](CCn3nnc(CC(=O)O)n3)c3nnc(CC(C)(C)C)n3-c3ccc(Cl)cc32)c1OC. The molecule has 0 bridgehead atoms. The first-order chi connectivity index (χ1) is 19.6. The third-order valence-corrected chi connectivity index (χ3v) is 6.89. The van der Waals surface area contributed by atoms with Crippen molar-refractivity contribution >= 4 is 17.6 Å². The van der Waals surface area contributed by atoms with Gasteiger partial charge in [-0.15, -0.1) is 20.4 Å². The van der Waals surface area contributed by atoms with Gasteiger partial charge >= 0.3 is 5.97 Å². The molecular formula is C28H32ClN7O5. The number of hydrogen-bond acceptors (Lipinski definition) is 9. The maximum Gasteiger partial charge on any atom is 0.311 e. The summed E-state index contributed by atoms with van der Waals surface area (Å²) in [6.45, 7) is 6.75. The predicted molar refractivity (Wildman–Crippen MR) is 149 cm³/mol. The first kappa shape index (κ1) is 28.5. The predicted octanol–water partition coefficient (Wildman–Crippen LogP) is 4.39. The van der Waals surface area contributed by atoms with Crippen LogP contribution in [0.3, 0.4) is 0 Å². The number of benzene rings is 2. The van der Waals surface area contributed by atoms with Crippen molar-refractivity contribution in [3.63, 3.8) is 0 Å². The van der Waals surface area contributed by atoms with Crippen LogP contribution in [0.1, 0.15) is 68.0 Å². The van der Waals surface area contributed by atoms with Gasteiger partial charge in [-0.1, -0.05) is 44.5 Å². The lowest BCUT2D eigenvalue weighted by molar-refractivity contribution is -0.136.